The number of likely N-dealkylation sites (tertiary alicyclic amines) is 1. The Hall–Kier alpha value is -4.03. The Morgan fingerprint density at radius 2 is 1.83 bits per heavy atom. The molecule has 41 heavy (non-hydrogen) atoms. The van der Waals surface area contributed by atoms with E-state index in [2.05, 4.69) is 21.6 Å². The summed E-state index contributed by atoms with van der Waals surface area (Å²) in [6, 6.07) is 7.90. The van der Waals surface area contributed by atoms with E-state index < -0.39 is 35.7 Å². The number of esters is 1. The lowest BCUT2D eigenvalue weighted by Crippen LogP contribution is -2.55. The Kier molecular flexibility index (Phi) is 9.90. The molecule has 0 bridgehead atoms. The smallest absolute Gasteiger partial charge is 0.338 e. The number of amides is 4. The van der Waals surface area contributed by atoms with Crippen LogP contribution in [-0.2, 0) is 14.3 Å². The molecule has 2 aliphatic rings. The minimum Gasteiger partial charge on any atom is -0.466 e. The van der Waals surface area contributed by atoms with Crippen molar-refractivity contribution in [3.63, 3.8) is 0 Å². The lowest BCUT2D eigenvalue weighted by Gasteiger charge is -2.36. The van der Waals surface area contributed by atoms with Gasteiger partial charge < -0.3 is 30.7 Å². The highest BCUT2D eigenvalue weighted by Gasteiger charge is 2.43. The van der Waals surface area contributed by atoms with Gasteiger partial charge in [0, 0.05) is 19.3 Å². The number of methoxy groups -OCH3 is 2. The van der Waals surface area contributed by atoms with Crippen molar-refractivity contribution >= 4 is 23.7 Å². The number of hydrogen-bond donors (Lipinski definition) is 3. The van der Waals surface area contributed by atoms with Gasteiger partial charge >= 0.3 is 18.0 Å². The van der Waals surface area contributed by atoms with E-state index in [4.69, 9.17) is 15.2 Å². The second-order valence-electron chi connectivity index (χ2n) is 10.1. The highest BCUT2D eigenvalue weighted by atomic mass is 19.2. The average molecular weight is 572 g/mol. The molecule has 0 unspecified atom stereocenters. The molecule has 1 atom stereocenters. The Bertz CT molecular complexity index is 1310. The standard InChI is InChI=1S/C29H35F2N5O5/c1-40-17-24-25(27(37)41-2)26(20-7-8-22(30)23(31)16-20)36(29(39)34-24)28(38)33-11-4-12-35-13-9-18(10-14-35)19-5-3-6-21(32)15-19/h3,5-8,15-16,18,26H,4,9-14,17,32H2,1-2H3,(H,33,38)(H,34,39)/t26-/m0/s1. The Labute approximate surface area is 237 Å². The Morgan fingerprint density at radius 1 is 1.07 bits per heavy atom. The molecule has 2 aliphatic heterocycles. The molecular weight excluding hydrogens is 536 g/mol. The molecule has 0 saturated carbocycles. The van der Waals surface area contributed by atoms with Gasteiger partial charge in [-0.2, -0.15) is 0 Å². The van der Waals surface area contributed by atoms with Crippen LogP contribution in [0.4, 0.5) is 24.1 Å². The second-order valence-corrected chi connectivity index (χ2v) is 10.1. The summed E-state index contributed by atoms with van der Waals surface area (Å²) < 4.78 is 37.9. The molecular formula is C29H35F2N5O5. The molecule has 2 heterocycles. The first-order valence-corrected chi connectivity index (χ1v) is 13.4. The van der Waals surface area contributed by atoms with E-state index in [0.717, 1.165) is 62.3 Å². The third kappa shape index (κ3) is 7.01. The monoisotopic (exact) mass is 571 g/mol. The van der Waals surface area contributed by atoms with Crippen molar-refractivity contribution < 1.29 is 32.6 Å². The number of nitrogen functional groups attached to an aromatic ring is 1. The zero-order chi connectivity index (χ0) is 29.5. The summed E-state index contributed by atoms with van der Waals surface area (Å²) in [6.07, 6.45) is 2.63. The number of ether oxygens (including phenoxy) is 2. The van der Waals surface area contributed by atoms with Crippen molar-refractivity contribution in [3.8, 4) is 0 Å². The van der Waals surface area contributed by atoms with E-state index in [-0.39, 0.29) is 30.0 Å². The largest absolute Gasteiger partial charge is 0.466 e. The van der Waals surface area contributed by atoms with Gasteiger partial charge in [0.25, 0.3) is 0 Å². The van der Waals surface area contributed by atoms with Crippen LogP contribution in [-0.4, -0.2) is 74.8 Å². The normalized spacial score (nSPS) is 18.3. The number of benzene rings is 2. The number of carbonyl (C=O) groups excluding carboxylic acids is 3. The molecule has 1 saturated heterocycles. The maximum absolute atomic E-state index is 14.2. The zero-order valence-corrected chi connectivity index (χ0v) is 23.1. The number of urea groups is 2. The quantitative estimate of drug-likeness (QED) is 0.238. The highest BCUT2D eigenvalue weighted by Crippen LogP contribution is 2.35. The fourth-order valence-electron chi connectivity index (χ4n) is 5.36. The maximum atomic E-state index is 14.2. The molecule has 10 nitrogen and oxygen atoms in total. The molecule has 0 aliphatic carbocycles. The van der Waals surface area contributed by atoms with Gasteiger partial charge in [0.2, 0.25) is 0 Å². The van der Waals surface area contributed by atoms with E-state index in [0.29, 0.717) is 12.3 Å². The van der Waals surface area contributed by atoms with Gasteiger partial charge in [-0.1, -0.05) is 18.2 Å². The van der Waals surface area contributed by atoms with E-state index in [9.17, 15) is 23.2 Å². The summed E-state index contributed by atoms with van der Waals surface area (Å²) in [6.45, 7) is 2.64. The van der Waals surface area contributed by atoms with Crippen molar-refractivity contribution in [2.24, 2.45) is 0 Å². The van der Waals surface area contributed by atoms with Crippen LogP contribution >= 0.6 is 0 Å². The molecule has 220 valence electrons. The van der Waals surface area contributed by atoms with Crippen LogP contribution in [0, 0.1) is 11.6 Å². The van der Waals surface area contributed by atoms with E-state index in [1.807, 2.05) is 18.2 Å². The summed E-state index contributed by atoms with van der Waals surface area (Å²) in [4.78, 5) is 42.3. The lowest BCUT2D eigenvalue weighted by atomic mass is 9.89. The lowest BCUT2D eigenvalue weighted by molar-refractivity contribution is -0.137. The number of imide groups is 1. The van der Waals surface area contributed by atoms with Crippen molar-refractivity contribution in [3.05, 3.63) is 76.5 Å². The van der Waals surface area contributed by atoms with Gasteiger partial charge in [0.1, 0.15) is 6.04 Å². The number of anilines is 1. The molecule has 4 amide bonds. The van der Waals surface area contributed by atoms with Crippen molar-refractivity contribution in [2.75, 3.05) is 52.7 Å². The number of rotatable bonds is 9. The summed E-state index contributed by atoms with van der Waals surface area (Å²) in [5.41, 5.74) is 7.90. The second kappa shape index (κ2) is 13.6. The van der Waals surface area contributed by atoms with Crippen LogP contribution < -0.4 is 16.4 Å². The highest BCUT2D eigenvalue weighted by molar-refractivity contribution is 6.01. The predicted molar refractivity (Wildman–Crippen MR) is 148 cm³/mol. The SMILES string of the molecule is COCC1=C(C(=O)OC)[C@H](c2ccc(F)c(F)c2)N(C(=O)NCCCN2CCC(c3cccc(N)c3)CC2)C(=O)N1. The van der Waals surface area contributed by atoms with Gasteiger partial charge in [-0.05, 0) is 80.2 Å². The predicted octanol–water partition coefficient (Wildman–Crippen LogP) is 3.67. The van der Waals surface area contributed by atoms with Gasteiger partial charge in [-0.3, -0.25) is 0 Å². The van der Waals surface area contributed by atoms with Crippen LogP contribution in [0.25, 0.3) is 0 Å². The Morgan fingerprint density at radius 3 is 2.49 bits per heavy atom. The fraction of sp³-hybridized carbons (Fsp3) is 0.414. The number of halogens is 2. The first-order valence-electron chi connectivity index (χ1n) is 13.4. The number of nitrogens with two attached hydrogens (primary N) is 1. The number of nitrogens with zero attached hydrogens (tertiary/aromatic N) is 2. The Balaban J connectivity index is 1.42. The summed E-state index contributed by atoms with van der Waals surface area (Å²) >= 11 is 0. The summed E-state index contributed by atoms with van der Waals surface area (Å²) in [5.74, 6) is -2.69. The molecule has 2 aromatic rings. The summed E-state index contributed by atoms with van der Waals surface area (Å²) in [7, 11) is 2.50. The third-order valence-electron chi connectivity index (χ3n) is 7.40. The van der Waals surface area contributed by atoms with Crippen molar-refractivity contribution in [2.45, 2.75) is 31.2 Å². The van der Waals surface area contributed by atoms with Gasteiger partial charge in [0.15, 0.2) is 11.6 Å². The third-order valence-corrected chi connectivity index (χ3v) is 7.40. The average Bonchev–Trinajstić information content (AvgIpc) is 2.96. The number of carbonyl (C=O) groups is 3. The fourth-order valence-corrected chi connectivity index (χ4v) is 5.36. The first-order chi connectivity index (χ1) is 19.7. The van der Waals surface area contributed by atoms with Crippen LogP contribution in [0.2, 0.25) is 0 Å². The van der Waals surface area contributed by atoms with Crippen LogP contribution in [0.3, 0.4) is 0 Å². The van der Waals surface area contributed by atoms with E-state index in [1.165, 1.54) is 18.7 Å². The topological polar surface area (TPSA) is 126 Å². The minimum absolute atomic E-state index is 0.0194. The minimum atomic E-state index is -1.37. The van der Waals surface area contributed by atoms with Crippen molar-refractivity contribution in [1.82, 2.24) is 20.4 Å². The van der Waals surface area contributed by atoms with Crippen LogP contribution in [0.15, 0.2) is 53.7 Å². The zero-order valence-electron chi connectivity index (χ0n) is 23.1. The van der Waals surface area contributed by atoms with E-state index in [1.54, 1.807) is 0 Å². The van der Waals surface area contributed by atoms with Gasteiger partial charge in [0.05, 0.1) is 25.0 Å². The first kappa shape index (κ1) is 29.9. The molecule has 4 N–H and O–H groups in total. The van der Waals surface area contributed by atoms with Gasteiger partial charge in [-0.15, -0.1) is 0 Å². The maximum Gasteiger partial charge on any atom is 0.338 e. The molecule has 0 radical (unpaired) electrons. The molecule has 2 aromatic carbocycles. The van der Waals surface area contributed by atoms with Crippen LogP contribution in [0.5, 0.6) is 0 Å². The number of hydrogen-bond acceptors (Lipinski definition) is 7. The van der Waals surface area contributed by atoms with E-state index >= 15 is 0 Å². The molecule has 1 fully saturated rings. The molecule has 0 aromatic heterocycles. The van der Waals surface area contributed by atoms with Gasteiger partial charge in [-0.25, -0.2) is 28.1 Å². The van der Waals surface area contributed by atoms with Crippen molar-refractivity contribution in [1.29, 1.82) is 0 Å². The number of nitrogens with one attached hydrogen (secondary N) is 2. The summed E-state index contributed by atoms with van der Waals surface area (Å²) in [5, 5.41) is 5.22. The molecule has 0 spiro atoms. The van der Waals surface area contributed by atoms with Crippen LogP contribution in [0.1, 0.15) is 42.3 Å². The number of piperidine rings is 1. The molecule has 4 rings (SSSR count). The molecule has 12 heteroatoms.